The summed E-state index contributed by atoms with van der Waals surface area (Å²) < 4.78 is 48.6. The van der Waals surface area contributed by atoms with Gasteiger partial charge in [-0.25, -0.2) is 19.2 Å². The second-order valence-electron chi connectivity index (χ2n) is 26.8. The summed E-state index contributed by atoms with van der Waals surface area (Å²) >= 11 is 0. The fraction of sp³-hybridized carbons (Fsp3) is 0.382. The number of ketones is 1. The molecule has 3 amide bonds. The molecule has 6 aromatic carbocycles. The summed E-state index contributed by atoms with van der Waals surface area (Å²) in [5.74, 6) is -8.12. The van der Waals surface area contributed by atoms with Gasteiger partial charge in [0.2, 0.25) is 12.0 Å². The van der Waals surface area contributed by atoms with E-state index in [0.29, 0.717) is 11.3 Å². The fourth-order valence-corrected chi connectivity index (χ4v) is 15.0. The van der Waals surface area contributed by atoms with Crippen molar-refractivity contribution in [2.24, 2.45) is 22.7 Å². The normalized spacial score (nSPS) is 25.0. The van der Waals surface area contributed by atoms with Crippen LogP contribution in [-0.4, -0.2) is 131 Å². The maximum atomic E-state index is 16.0. The standard InChI is InChI=1S/C76H79N3O19/c1-42(2)36-56(78-71(88)91-40-55-53-30-20-18-28-51(53)52-29-19-21-31-54(52)55)68(85)77-50-34-32-46(33-35-50)39-92-72(89)96-63(61(47-22-12-9-13-23-47)79-67(84)48-24-14-10-15-25-48)70(87)95-57-38-76(90)66(97-69(86)49-26-16-11-17-27-49)64-74(8,58(82)37-59-75(64,41-93-59)98-45(5)81)65(83)62(94-44(4)80)60(43(57)3)73(76,6)7/h9-35,42,55-59,61-64,66,82,90H,36-41H2,1-8H3,(H,77,85)(H,78,88)(H,79,84)/t56-,57+,58+,59-,61+,62-,63-,64?,66+,74-,75+,76-/m1/s1. The lowest BCUT2D eigenvalue weighted by molar-refractivity contribution is -0.346. The van der Waals surface area contributed by atoms with Crippen LogP contribution in [-0.2, 0) is 68.5 Å². The van der Waals surface area contributed by atoms with Crippen molar-refractivity contribution >= 4 is 59.4 Å². The molecule has 2 saturated carbocycles. The Hall–Kier alpha value is -10.0. The Bertz CT molecular complexity index is 4020. The van der Waals surface area contributed by atoms with Crippen LogP contribution in [0.1, 0.15) is 130 Å². The number of amides is 3. The number of hydrogen-bond donors (Lipinski definition) is 5. The highest BCUT2D eigenvalue weighted by molar-refractivity contribution is 5.98. The Labute approximate surface area is 566 Å². The van der Waals surface area contributed by atoms with E-state index in [-0.39, 0.29) is 65.7 Å². The number of aliphatic hydroxyl groups is 2. The van der Waals surface area contributed by atoms with Gasteiger partial charge in [-0.1, -0.05) is 155 Å². The summed E-state index contributed by atoms with van der Waals surface area (Å²) in [6, 6.07) is 43.4. The first-order chi connectivity index (χ1) is 46.7. The molecule has 22 heteroatoms. The Balaban J connectivity index is 0.877. The van der Waals surface area contributed by atoms with E-state index in [2.05, 4.69) is 16.0 Å². The van der Waals surface area contributed by atoms with E-state index in [4.69, 9.17) is 37.9 Å². The first-order valence-corrected chi connectivity index (χ1v) is 32.6. The molecule has 1 unspecified atom stereocenters. The molecule has 11 rings (SSSR count). The summed E-state index contributed by atoms with van der Waals surface area (Å²) in [5.41, 5.74) is -3.03. The minimum atomic E-state index is -2.54. The van der Waals surface area contributed by atoms with Gasteiger partial charge in [0.1, 0.15) is 49.2 Å². The van der Waals surface area contributed by atoms with E-state index in [1.54, 1.807) is 91.0 Å². The van der Waals surface area contributed by atoms with Crippen molar-refractivity contribution in [3.63, 3.8) is 0 Å². The molecule has 0 aromatic heterocycles. The molecule has 1 heterocycles. The van der Waals surface area contributed by atoms with E-state index in [1.807, 2.05) is 62.4 Å². The molecule has 512 valence electrons. The van der Waals surface area contributed by atoms with Gasteiger partial charge >= 0.3 is 36.1 Å². The van der Waals surface area contributed by atoms with Crippen molar-refractivity contribution in [2.75, 3.05) is 18.5 Å². The lowest BCUT2D eigenvalue weighted by Crippen LogP contribution is -2.82. The third-order valence-electron chi connectivity index (χ3n) is 19.9. The largest absolute Gasteiger partial charge is 0.509 e. The summed E-state index contributed by atoms with van der Waals surface area (Å²) in [5, 5.41) is 34.9. The predicted octanol–water partition coefficient (Wildman–Crippen LogP) is 9.99. The van der Waals surface area contributed by atoms with E-state index in [0.717, 1.165) is 36.1 Å². The first-order valence-electron chi connectivity index (χ1n) is 32.6. The molecule has 2 bridgehead atoms. The number of benzene rings is 6. The van der Waals surface area contributed by atoms with Crippen molar-refractivity contribution in [3.8, 4) is 11.1 Å². The summed E-state index contributed by atoms with van der Waals surface area (Å²) in [7, 11) is 0. The molecule has 5 aliphatic rings. The van der Waals surface area contributed by atoms with E-state index in [1.165, 1.54) is 52.0 Å². The molecule has 3 fully saturated rings. The lowest BCUT2D eigenvalue weighted by Gasteiger charge is -2.67. The Morgan fingerprint density at radius 2 is 1.29 bits per heavy atom. The van der Waals surface area contributed by atoms with Crippen molar-refractivity contribution < 1.29 is 91.3 Å². The number of hydrogen-bond acceptors (Lipinski definition) is 19. The number of rotatable bonds is 20. The van der Waals surface area contributed by atoms with E-state index < -0.39 is 143 Å². The van der Waals surface area contributed by atoms with Crippen molar-refractivity contribution in [1.29, 1.82) is 0 Å². The Morgan fingerprint density at radius 3 is 1.87 bits per heavy atom. The van der Waals surface area contributed by atoms with Crippen molar-refractivity contribution in [3.05, 3.63) is 208 Å². The molecule has 5 N–H and O–H groups in total. The van der Waals surface area contributed by atoms with Gasteiger partial charge in [0.05, 0.1) is 29.6 Å². The average Bonchev–Trinajstić information content (AvgIpc) is 0.690. The van der Waals surface area contributed by atoms with Crippen molar-refractivity contribution in [1.82, 2.24) is 10.6 Å². The Morgan fingerprint density at radius 1 is 0.694 bits per heavy atom. The van der Waals surface area contributed by atoms with Gasteiger partial charge in [0.25, 0.3) is 5.91 Å². The smallest absolute Gasteiger partial charge is 0.455 e. The van der Waals surface area contributed by atoms with Crippen LogP contribution in [0.2, 0.25) is 0 Å². The molecule has 98 heavy (non-hydrogen) atoms. The van der Waals surface area contributed by atoms with Crippen LogP contribution in [0.5, 0.6) is 0 Å². The highest BCUT2D eigenvalue weighted by atomic mass is 16.7. The van der Waals surface area contributed by atoms with Gasteiger partial charge in [-0.2, -0.15) is 0 Å². The molecule has 12 atom stereocenters. The predicted molar refractivity (Wildman–Crippen MR) is 353 cm³/mol. The van der Waals surface area contributed by atoms with Crippen molar-refractivity contribution in [2.45, 2.75) is 147 Å². The fourth-order valence-electron chi connectivity index (χ4n) is 15.0. The van der Waals surface area contributed by atoms with Crippen LogP contribution in [0.25, 0.3) is 11.1 Å². The van der Waals surface area contributed by atoms with Crippen LogP contribution in [0.15, 0.2) is 175 Å². The molecule has 1 saturated heterocycles. The number of esters is 4. The highest BCUT2D eigenvalue weighted by Crippen LogP contribution is 2.64. The number of aliphatic hydroxyl groups excluding tert-OH is 1. The van der Waals surface area contributed by atoms with Gasteiger partial charge in [0.15, 0.2) is 17.5 Å². The van der Waals surface area contributed by atoms with Gasteiger partial charge in [-0.05, 0) is 107 Å². The zero-order valence-electron chi connectivity index (χ0n) is 55.5. The lowest BCUT2D eigenvalue weighted by atomic mass is 9.44. The number of anilines is 1. The topological polar surface area (TPSA) is 304 Å². The molecule has 6 aromatic rings. The number of nitrogens with one attached hydrogen (secondary N) is 3. The average molecular weight is 1340 g/mol. The minimum Gasteiger partial charge on any atom is -0.455 e. The summed E-state index contributed by atoms with van der Waals surface area (Å²) in [6.07, 6.45) is -13.3. The van der Waals surface area contributed by atoms with Crippen LogP contribution < -0.4 is 16.0 Å². The SMILES string of the molecule is CC(=O)O[C@H]1C(=O)[C@@]2(C)C([C@H](OC(=O)c3ccccc3)[C@]3(O)C[C@H](OC(=O)[C@H](OC(=O)OCc4ccc(NC(=O)[C@@H](CC(C)C)NC(=O)OCC5c6ccccc6-c6ccccc65)cc4)[C@@H](NC(=O)c4ccccc4)c4ccccc4)C(C)=C1C3(C)C)[C@]1(OC(C)=O)CO[C@@H]1C[C@@H]2O. The zero-order chi connectivity index (χ0) is 70.0. The molecular weight excluding hydrogens is 1260 g/mol. The number of alkyl carbamates (subject to hydrolysis) is 1. The maximum absolute atomic E-state index is 16.0. The second-order valence-corrected chi connectivity index (χ2v) is 26.8. The van der Waals surface area contributed by atoms with Gasteiger partial charge < -0.3 is 64.1 Å². The van der Waals surface area contributed by atoms with Crippen LogP contribution >= 0.6 is 0 Å². The first kappa shape index (κ1) is 69.3. The number of carbonyl (C=O) groups is 9. The molecule has 22 nitrogen and oxygen atoms in total. The van der Waals surface area contributed by atoms with Gasteiger partial charge in [-0.3, -0.25) is 24.0 Å². The second kappa shape index (κ2) is 28.2. The summed E-state index contributed by atoms with van der Waals surface area (Å²) in [6.45, 7) is 11.1. The quantitative estimate of drug-likeness (QED) is 0.0270. The number of ether oxygens (including phenoxy) is 8. The van der Waals surface area contributed by atoms with Crippen LogP contribution in [0.3, 0.4) is 0 Å². The molecule has 1 aliphatic heterocycles. The number of fused-ring (bicyclic) bond motifs is 8. The highest BCUT2D eigenvalue weighted by Gasteiger charge is 2.78. The molecule has 0 radical (unpaired) electrons. The summed E-state index contributed by atoms with van der Waals surface area (Å²) in [4.78, 5) is 129. The van der Waals surface area contributed by atoms with Gasteiger partial charge in [-0.15, -0.1) is 0 Å². The number of carbonyl (C=O) groups excluding carboxylic acids is 9. The Kier molecular flexibility index (Phi) is 20.0. The molecule has 4 aliphatic carbocycles. The third kappa shape index (κ3) is 13.4. The third-order valence-corrected chi connectivity index (χ3v) is 19.9. The molecule has 0 spiro atoms. The maximum Gasteiger partial charge on any atom is 0.509 e. The van der Waals surface area contributed by atoms with E-state index >= 15 is 9.59 Å². The van der Waals surface area contributed by atoms with E-state index in [9.17, 15) is 43.8 Å². The monoisotopic (exact) mass is 1340 g/mol. The zero-order valence-corrected chi connectivity index (χ0v) is 55.5. The minimum absolute atomic E-state index is 0.00816. The molecular formula is C76H79N3O19. The number of Topliss-reactive ketones (excluding diaryl/α,β-unsaturated/α-hetero) is 1. The van der Waals surface area contributed by atoms with Crippen LogP contribution in [0.4, 0.5) is 15.3 Å². The van der Waals surface area contributed by atoms with Gasteiger partial charge in [0, 0.05) is 49.3 Å². The van der Waals surface area contributed by atoms with Crippen LogP contribution in [0, 0.1) is 22.7 Å².